The molecule has 1 unspecified atom stereocenters. The molecule has 0 saturated heterocycles. The predicted molar refractivity (Wildman–Crippen MR) is 85.1 cm³/mol. The van der Waals surface area contributed by atoms with Crippen molar-refractivity contribution >= 4 is 5.96 Å². The molecule has 6 heteroatoms. The zero-order chi connectivity index (χ0) is 15.9. The fourth-order valence-electron chi connectivity index (χ4n) is 1.83. The van der Waals surface area contributed by atoms with Crippen molar-refractivity contribution in [3.8, 4) is 0 Å². The second kappa shape index (κ2) is 8.00. The standard InChI is InChI=1S/C15H29N5O/c1-7-16-14(17-10-13-19-12(3)21-20-13)18-11(2)8-9-15(4,5)6/h11H,7-10H2,1-6H3,(H2,16,17,18). The lowest BCUT2D eigenvalue weighted by Gasteiger charge is -2.23. The highest BCUT2D eigenvalue weighted by Crippen LogP contribution is 2.21. The van der Waals surface area contributed by atoms with Crippen LogP contribution in [-0.2, 0) is 6.54 Å². The second-order valence-corrected chi connectivity index (χ2v) is 6.57. The van der Waals surface area contributed by atoms with Crippen LogP contribution in [-0.4, -0.2) is 28.7 Å². The van der Waals surface area contributed by atoms with Crippen molar-refractivity contribution in [1.82, 2.24) is 20.8 Å². The summed E-state index contributed by atoms with van der Waals surface area (Å²) >= 11 is 0. The third kappa shape index (κ3) is 7.68. The molecular weight excluding hydrogens is 266 g/mol. The van der Waals surface area contributed by atoms with Gasteiger partial charge in [0.2, 0.25) is 5.89 Å². The Hall–Kier alpha value is -1.59. The highest BCUT2D eigenvalue weighted by Gasteiger charge is 2.13. The van der Waals surface area contributed by atoms with E-state index < -0.39 is 0 Å². The maximum atomic E-state index is 4.94. The molecule has 0 aliphatic heterocycles. The van der Waals surface area contributed by atoms with Crippen LogP contribution in [0, 0.1) is 12.3 Å². The minimum atomic E-state index is 0.355. The van der Waals surface area contributed by atoms with Gasteiger partial charge in [0, 0.05) is 19.5 Å². The Morgan fingerprint density at radius 2 is 2.10 bits per heavy atom. The maximum absolute atomic E-state index is 4.94. The third-order valence-corrected chi connectivity index (χ3v) is 3.00. The quantitative estimate of drug-likeness (QED) is 0.623. The zero-order valence-corrected chi connectivity index (χ0v) is 14.2. The Bertz CT molecular complexity index is 447. The minimum Gasteiger partial charge on any atom is -0.357 e. The van der Waals surface area contributed by atoms with Crippen molar-refractivity contribution in [1.29, 1.82) is 0 Å². The van der Waals surface area contributed by atoms with Crippen LogP contribution in [0.25, 0.3) is 0 Å². The molecule has 1 heterocycles. The van der Waals surface area contributed by atoms with E-state index in [9.17, 15) is 0 Å². The van der Waals surface area contributed by atoms with Crippen molar-refractivity contribution in [2.75, 3.05) is 6.54 Å². The van der Waals surface area contributed by atoms with E-state index in [0.717, 1.165) is 18.9 Å². The van der Waals surface area contributed by atoms with Gasteiger partial charge < -0.3 is 15.2 Å². The van der Waals surface area contributed by atoms with Crippen molar-refractivity contribution in [2.24, 2.45) is 10.4 Å². The molecule has 0 spiro atoms. The number of aromatic nitrogens is 2. The molecule has 1 aromatic rings. The van der Waals surface area contributed by atoms with E-state index in [1.807, 2.05) is 0 Å². The van der Waals surface area contributed by atoms with Crippen LogP contribution in [0.5, 0.6) is 0 Å². The number of hydrogen-bond acceptors (Lipinski definition) is 4. The van der Waals surface area contributed by atoms with E-state index in [-0.39, 0.29) is 0 Å². The molecule has 0 fully saturated rings. The van der Waals surface area contributed by atoms with Crippen molar-refractivity contribution in [3.63, 3.8) is 0 Å². The lowest BCUT2D eigenvalue weighted by molar-refractivity contribution is 0.346. The van der Waals surface area contributed by atoms with Crippen LogP contribution in [0.15, 0.2) is 9.52 Å². The number of rotatable bonds is 6. The molecule has 6 nitrogen and oxygen atoms in total. The molecule has 2 N–H and O–H groups in total. The van der Waals surface area contributed by atoms with Gasteiger partial charge in [-0.15, -0.1) is 0 Å². The summed E-state index contributed by atoms with van der Waals surface area (Å²) < 4.78 is 4.94. The molecule has 1 aromatic heterocycles. The number of nitrogens with one attached hydrogen (secondary N) is 2. The summed E-state index contributed by atoms with van der Waals surface area (Å²) in [6.45, 7) is 14.0. The summed E-state index contributed by atoms with van der Waals surface area (Å²) in [5.74, 6) is 1.96. The Kier molecular flexibility index (Phi) is 6.65. The van der Waals surface area contributed by atoms with Crippen LogP contribution in [0.4, 0.5) is 0 Å². The molecular formula is C15H29N5O. The molecule has 0 amide bonds. The van der Waals surface area contributed by atoms with E-state index in [2.05, 4.69) is 60.4 Å². The van der Waals surface area contributed by atoms with E-state index in [1.165, 1.54) is 6.42 Å². The summed E-state index contributed by atoms with van der Waals surface area (Å²) in [6, 6.07) is 0.369. The van der Waals surface area contributed by atoms with Crippen LogP contribution in [0.3, 0.4) is 0 Å². The molecule has 0 aliphatic rings. The lowest BCUT2D eigenvalue weighted by Crippen LogP contribution is -2.42. The van der Waals surface area contributed by atoms with Gasteiger partial charge in [0.25, 0.3) is 0 Å². The molecule has 0 aromatic carbocycles. The molecule has 1 rings (SSSR count). The normalized spacial score (nSPS) is 14.1. The maximum Gasteiger partial charge on any atom is 0.223 e. The molecule has 0 aliphatic carbocycles. The fourth-order valence-corrected chi connectivity index (χ4v) is 1.83. The third-order valence-electron chi connectivity index (χ3n) is 3.00. The van der Waals surface area contributed by atoms with Crippen molar-refractivity contribution < 1.29 is 4.52 Å². The fraction of sp³-hybridized carbons (Fsp3) is 0.800. The first-order valence-electron chi connectivity index (χ1n) is 7.64. The summed E-state index contributed by atoms with van der Waals surface area (Å²) in [5, 5.41) is 10.5. The number of guanidine groups is 1. The SMILES string of the molecule is CCNC(=NCc1noc(C)n1)NC(C)CCC(C)(C)C. The number of hydrogen-bond donors (Lipinski definition) is 2. The summed E-state index contributed by atoms with van der Waals surface area (Å²) in [7, 11) is 0. The average molecular weight is 295 g/mol. The highest BCUT2D eigenvalue weighted by atomic mass is 16.5. The van der Waals surface area contributed by atoms with Crippen molar-refractivity contribution in [2.45, 2.75) is 67.0 Å². The molecule has 0 radical (unpaired) electrons. The van der Waals surface area contributed by atoms with E-state index in [1.54, 1.807) is 6.92 Å². The van der Waals surface area contributed by atoms with Crippen LogP contribution in [0.2, 0.25) is 0 Å². The molecule has 0 saturated carbocycles. The van der Waals surface area contributed by atoms with E-state index >= 15 is 0 Å². The van der Waals surface area contributed by atoms with Crippen LogP contribution in [0.1, 0.15) is 59.2 Å². The Morgan fingerprint density at radius 3 is 2.62 bits per heavy atom. The molecule has 120 valence electrons. The topological polar surface area (TPSA) is 75.3 Å². The first-order chi connectivity index (χ1) is 9.80. The first-order valence-corrected chi connectivity index (χ1v) is 7.64. The van der Waals surface area contributed by atoms with Gasteiger partial charge in [-0.2, -0.15) is 4.98 Å². The average Bonchev–Trinajstić information content (AvgIpc) is 2.79. The Morgan fingerprint density at radius 1 is 1.38 bits per heavy atom. The largest absolute Gasteiger partial charge is 0.357 e. The summed E-state index contributed by atoms with van der Waals surface area (Å²) in [5.41, 5.74) is 0.355. The number of aryl methyl sites for hydroxylation is 1. The highest BCUT2D eigenvalue weighted by molar-refractivity contribution is 5.79. The van der Waals surface area contributed by atoms with Crippen LogP contribution >= 0.6 is 0 Å². The summed E-state index contributed by atoms with van der Waals surface area (Å²) in [6.07, 6.45) is 2.28. The van der Waals surface area contributed by atoms with E-state index in [0.29, 0.717) is 29.7 Å². The molecule has 0 bridgehead atoms. The Balaban J connectivity index is 2.51. The van der Waals surface area contributed by atoms with Crippen LogP contribution < -0.4 is 10.6 Å². The molecule has 1 atom stereocenters. The zero-order valence-electron chi connectivity index (χ0n) is 14.2. The van der Waals surface area contributed by atoms with Gasteiger partial charge in [-0.1, -0.05) is 25.9 Å². The monoisotopic (exact) mass is 295 g/mol. The Labute approximate surface area is 127 Å². The van der Waals surface area contributed by atoms with Gasteiger partial charge in [0.05, 0.1) is 0 Å². The minimum absolute atomic E-state index is 0.355. The summed E-state index contributed by atoms with van der Waals surface area (Å²) in [4.78, 5) is 8.64. The van der Waals surface area contributed by atoms with Gasteiger partial charge in [-0.25, -0.2) is 4.99 Å². The molecule has 21 heavy (non-hydrogen) atoms. The van der Waals surface area contributed by atoms with Gasteiger partial charge in [-0.05, 0) is 32.1 Å². The predicted octanol–water partition coefficient (Wildman–Crippen LogP) is 2.65. The number of aliphatic imine (C=N–C) groups is 1. The van der Waals surface area contributed by atoms with E-state index in [4.69, 9.17) is 4.52 Å². The number of nitrogens with zero attached hydrogens (tertiary/aromatic N) is 3. The van der Waals surface area contributed by atoms with Crippen molar-refractivity contribution in [3.05, 3.63) is 11.7 Å². The smallest absolute Gasteiger partial charge is 0.223 e. The van der Waals surface area contributed by atoms with Gasteiger partial charge in [0.1, 0.15) is 6.54 Å². The van der Waals surface area contributed by atoms with Gasteiger partial charge in [-0.3, -0.25) is 0 Å². The first kappa shape index (κ1) is 17.5. The second-order valence-electron chi connectivity index (χ2n) is 6.57. The van der Waals surface area contributed by atoms with Gasteiger partial charge >= 0.3 is 0 Å². The lowest BCUT2D eigenvalue weighted by atomic mass is 9.89. The van der Waals surface area contributed by atoms with Gasteiger partial charge in [0.15, 0.2) is 11.8 Å².